The number of alkyl carbamates (subject to hydrolysis) is 1. The first kappa shape index (κ1) is 24.2. The van der Waals surface area contributed by atoms with Crippen molar-refractivity contribution in [2.45, 2.75) is 72.6 Å². The standard InChI is InChI=1S/C24H39N3O3/c1-7-26(18(2)3)17-20-8-10-21(11-9-20)22(28)27-14-12-19(13-15-27)16-25-23(29)30-24(4,5)6/h8-11,18-19H,7,12-17H2,1-6H3,(H,25,29). The number of carbonyl (C=O) groups excluding carboxylic acids is 2. The number of rotatable bonds is 7. The van der Waals surface area contributed by atoms with Gasteiger partial charge in [0, 0.05) is 37.8 Å². The Morgan fingerprint density at radius 2 is 1.77 bits per heavy atom. The Kier molecular flexibility index (Phi) is 8.71. The van der Waals surface area contributed by atoms with Gasteiger partial charge in [-0.15, -0.1) is 0 Å². The SMILES string of the molecule is CCN(Cc1ccc(C(=O)N2CCC(CNC(=O)OC(C)(C)C)CC2)cc1)C(C)C. The summed E-state index contributed by atoms with van der Waals surface area (Å²) in [6.07, 6.45) is 1.40. The van der Waals surface area contributed by atoms with Crippen molar-refractivity contribution < 1.29 is 14.3 Å². The van der Waals surface area contributed by atoms with Gasteiger partial charge in [0.05, 0.1) is 0 Å². The monoisotopic (exact) mass is 417 g/mol. The van der Waals surface area contributed by atoms with E-state index in [1.165, 1.54) is 5.56 Å². The molecule has 168 valence electrons. The zero-order valence-corrected chi connectivity index (χ0v) is 19.5. The van der Waals surface area contributed by atoms with Gasteiger partial charge in [-0.25, -0.2) is 4.79 Å². The number of likely N-dealkylation sites (tertiary alicyclic amines) is 1. The fraction of sp³-hybridized carbons (Fsp3) is 0.667. The van der Waals surface area contributed by atoms with E-state index in [0.717, 1.165) is 44.6 Å². The number of nitrogens with one attached hydrogen (secondary N) is 1. The summed E-state index contributed by atoms with van der Waals surface area (Å²) in [5.74, 6) is 0.469. The van der Waals surface area contributed by atoms with Gasteiger partial charge >= 0.3 is 6.09 Å². The largest absolute Gasteiger partial charge is 0.444 e. The maximum absolute atomic E-state index is 12.9. The van der Waals surface area contributed by atoms with Crippen LogP contribution in [0.5, 0.6) is 0 Å². The lowest BCUT2D eigenvalue weighted by Crippen LogP contribution is -2.42. The Bertz CT molecular complexity index is 687. The van der Waals surface area contributed by atoms with Crippen LogP contribution in [-0.2, 0) is 11.3 Å². The molecule has 0 unspecified atom stereocenters. The van der Waals surface area contributed by atoms with Crippen molar-refractivity contribution in [3.05, 3.63) is 35.4 Å². The topological polar surface area (TPSA) is 61.9 Å². The fourth-order valence-corrected chi connectivity index (χ4v) is 3.71. The van der Waals surface area contributed by atoms with Crippen LogP contribution in [0.25, 0.3) is 0 Å². The molecule has 1 aromatic carbocycles. The molecule has 1 aliphatic heterocycles. The summed E-state index contributed by atoms with van der Waals surface area (Å²) in [5.41, 5.74) is 1.49. The average Bonchev–Trinajstić information content (AvgIpc) is 2.69. The van der Waals surface area contributed by atoms with Gasteiger partial charge in [0.1, 0.15) is 5.60 Å². The molecule has 0 saturated carbocycles. The lowest BCUT2D eigenvalue weighted by atomic mass is 9.96. The quantitative estimate of drug-likeness (QED) is 0.719. The summed E-state index contributed by atoms with van der Waals surface area (Å²) < 4.78 is 5.28. The second kappa shape index (κ2) is 10.8. The molecule has 1 aromatic rings. The van der Waals surface area contributed by atoms with Crippen LogP contribution in [0, 0.1) is 5.92 Å². The summed E-state index contributed by atoms with van der Waals surface area (Å²) >= 11 is 0. The molecule has 6 heteroatoms. The molecule has 0 radical (unpaired) electrons. The van der Waals surface area contributed by atoms with Crippen LogP contribution >= 0.6 is 0 Å². The van der Waals surface area contributed by atoms with E-state index in [-0.39, 0.29) is 12.0 Å². The molecule has 0 bridgehead atoms. The number of piperidine rings is 1. The first-order valence-corrected chi connectivity index (χ1v) is 11.2. The molecular weight excluding hydrogens is 378 g/mol. The Balaban J connectivity index is 1.80. The highest BCUT2D eigenvalue weighted by molar-refractivity contribution is 5.94. The van der Waals surface area contributed by atoms with Gasteiger partial charge in [-0.1, -0.05) is 19.1 Å². The number of hydrogen-bond acceptors (Lipinski definition) is 4. The van der Waals surface area contributed by atoms with E-state index < -0.39 is 5.60 Å². The van der Waals surface area contributed by atoms with Gasteiger partial charge in [0.15, 0.2) is 0 Å². The van der Waals surface area contributed by atoms with Gasteiger partial charge in [-0.05, 0) is 77.6 Å². The predicted octanol–water partition coefficient (Wildman–Crippen LogP) is 4.29. The smallest absolute Gasteiger partial charge is 0.407 e. The maximum Gasteiger partial charge on any atom is 0.407 e. The van der Waals surface area contributed by atoms with E-state index in [0.29, 0.717) is 18.5 Å². The minimum atomic E-state index is -0.487. The molecule has 0 aromatic heterocycles. The van der Waals surface area contributed by atoms with E-state index in [2.05, 4.69) is 43.1 Å². The predicted molar refractivity (Wildman–Crippen MR) is 121 cm³/mol. The first-order chi connectivity index (χ1) is 14.1. The van der Waals surface area contributed by atoms with Crippen molar-refractivity contribution in [2.75, 3.05) is 26.2 Å². The summed E-state index contributed by atoms with van der Waals surface area (Å²) in [4.78, 5) is 29.0. The zero-order chi connectivity index (χ0) is 22.3. The van der Waals surface area contributed by atoms with E-state index in [4.69, 9.17) is 4.74 Å². The average molecular weight is 418 g/mol. The van der Waals surface area contributed by atoms with Crippen LogP contribution in [0.2, 0.25) is 0 Å². The number of carbonyl (C=O) groups is 2. The minimum Gasteiger partial charge on any atom is -0.444 e. The molecule has 1 heterocycles. The lowest BCUT2D eigenvalue weighted by Gasteiger charge is -2.32. The highest BCUT2D eigenvalue weighted by Gasteiger charge is 2.25. The Labute approximate surface area is 182 Å². The Morgan fingerprint density at radius 1 is 1.17 bits per heavy atom. The molecule has 30 heavy (non-hydrogen) atoms. The van der Waals surface area contributed by atoms with Crippen LogP contribution in [0.1, 0.15) is 70.3 Å². The van der Waals surface area contributed by atoms with Crippen LogP contribution in [0.4, 0.5) is 4.79 Å². The molecule has 1 aliphatic rings. The van der Waals surface area contributed by atoms with Crippen molar-refractivity contribution in [3.63, 3.8) is 0 Å². The highest BCUT2D eigenvalue weighted by Crippen LogP contribution is 2.19. The van der Waals surface area contributed by atoms with Crippen molar-refractivity contribution in [1.29, 1.82) is 0 Å². The van der Waals surface area contributed by atoms with Gasteiger partial charge < -0.3 is 15.0 Å². The first-order valence-electron chi connectivity index (χ1n) is 11.2. The summed E-state index contributed by atoms with van der Waals surface area (Å²) in [5, 5.41) is 2.85. The van der Waals surface area contributed by atoms with Crippen molar-refractivity contribution in [2.24, 2.45) is 5.92 Å². The molecule has 1 fully saturated rings. The number of benzene rings is 1. The number of nitrogens with zero attached hydrogens (tertiary/aromatic N) is 2. The van der Waals surface area contributed by atoms with E-state index in [1.54, 1.807) is 0 Å². The van der Waals surface area contributed by atoms with Crippen LogP contribution in [0.3, 0.4) is 0 Å². The van der Waals surface area contributed by atoms with E-state index in [1.807, 2.05) is 37.8 Å². The molecule has 6 nitrogen and oxygen atoms in total. The van der Waals surface area contributed by atoms with Gasteiger partial charge in [0.2, 0.25) is 0 Å². The number of hydrogen-bond donors (Lipinski definition) is 1. The molecule has 1 N–H and O–H groups in total. The fourth-order valence-electron chi connectivity index (χ4n) is 3.71. The number of ether oxygens (including phenoxy) is 1. The maximum atomic E-state index is 12.9. The third-order valence-electron chi connectivity index (χ3n) is 5.56. The Hall–Kier alpha value is -2.08. The van der Waals surface area contributed by atoms with E-state index in [9.17, 15) is 9.59 Å². The molecule has 2 rings (SSSR count). The van der Waals surface area contributed by atoms with Gasteiger partial charge in [0.25, 0.3) is 5.91 Å². The zero-order valence-electron chi connectivity index (χ0n) is 19.5. The Morgan fingerprint density at radius 3 is 2.27 bits per heavy atom. The summed E-state index contributed by atoms with van der Waals surface area (Å²) in [7, 11) is 0. The van der Waals surface area contributed by atoms with Crippen LogP contribution < -0.4 is 5.32 Å². The van der Waals surface area contributed by atoms with Gasteiger partial charge in [-0.2, -0.15) is 0 Å². The van der Waals surface area contributed by atoms with Crippen LogP contribution in [0.15, 0.2) is 24.3 Å². The second-order valence-electron chi connectivity index (χ2n) is 9.47. The third kappa shape index (κ3) is 7.63. The minimum absolute atomic E-state index is 0.0938. The molecular formula is C24H39N3O3. The molecule has 0 aliphatic carbocycles. The van der Waals surface area contributed by atoms with Crippen molar-refractivity contribution in [3.8, 4) is 0 Å². The normalized spacial score (nSPS) is 15.5. The van der Waals surface area contributed by atoms with Crippen molar-refractivity contribution in [1.82, 2.24) is 15.1 Å². The second-order valence-corrected chi connectivity index (χ2v) is 9.47. The van der Waals surface area contributed by atoms with E-state index >= 15 is 0 Å². The molecule has 1 saturated heterocycles. The van der Waals surface area contributed by atoms with Crippen molar-refractivity contribution >= 4 is 12.0 Å². The molecule has 2 amide bonds. The summed E-state index contributed by atoms with van der Waals surface area (Å²) in [6.45, 7) is 16.1. The number of amides is 2. The summed E-state index contributed by atoms with van der Waals surface area (Å²) in [6, 6.07) is 8.53. The van der Waals surface area contributed by atoms with Gasteiger partial charge in [-0.3, -0.25) is 9.69 Å². The molecule has 0 atom stereocenters. The third-order valence-corrected chi connectivity index (χ3v) is 5.56. The van der Waals surface area contributed by atoms with Crippen LogP contribution in [-0.4, -0.2) is 59.6 Å². The molecule has 0 spiro atoms. The highest BCUT2D eigenvalue weighted by atomic mass is 16.6. The lowest BCUT2D eigenvalue weighted by molar-refractivity contribution is 0.0500.